The van der Waals surface area contributed by atoms with E-state index < -0.39 is 0 Å². The van der Waals surface area contributed by atoms with Gasteiger partial charge in [0.1, 0.15) is 5.65 Å². The molecule has 0 saturated carbocycles. The minimum absolute atomic E-state index is 0.0379. The van der Waals surface area contributed by atoms with E-state index in [0.717, 1.165) is 65.8 Å². The zero-order chi connectivity index (χ0) is 31.5. The van der Waals surface area contributed by atoms with Crippen LogP contribution in [0.15, 0.2) is 103 Å². The van der Waals surface area contributed by atoms with E-state index >= 15 is 0 Å². The molecule has 0 unspecified atom stereocenters. The van der Waals surface area contributed by atoms with Crippen LogP contribution in [0.25, 0.3) is 82.0 Å². The first-order valence-electron chi connectivity index (χ1n) is 16.2. The molecule has 5 heterocycles. The van der Waals surface area contributed by atoms with Crippen LogP contribution in [0, 0.1) is 0 Å². The molecule has 9 aromatic rings. The van der Waals surface area contributed by atoms with Crippen molar-refractivity contribution in [2.75, 3.05) is 0 Å². The maximum Gasteiger partial charge on any atom is 0.146 e. The maximum atomic E-state index is 5.51. The molecule has 46 heavy (non-hydrogen) atoms. The van der Waals surface area contributed by atoms with E-state index in [2.05, 4.69) is 154 Å². The third-order valence-corrected chi connectivity index (χ3v) is 9.77. The number of benzene rings is 4. The zero-order valence-electron chi connectivity index (χ0n) is 27.2. The van der Waals surface area contributed by atoms with Crippen molar-refractivity contribution in [2.24, 2.45) is 0 Å². The van der Waals surface area contributed by atoms with Gasteiger partial charge in [0, 0.05) is 43.2 Å². The molecule has 0 aliphatic rings. The lowest BCUT2D eigenvalue weighted by molar-refractivity contribution is 0.591. The lowest BCUT2D eigenvalue weighted by Gasteiger charge is -2.20. The summed E-state index contributed by atoms with van der Waals surface area (Å²) in [6, 6.07) is 37.7. The van der Waals surface area contributed by atoms with Gasteiger partial charge in [-0.25, -0.2) is 9.97 Å². The maximum absolute atomic E-state index is 5.51. The molecule has 4 heteroatoms. The van der Waals surface area contributed by atoms with Crippen molar-refractivity contribution in [1.82, 2.24) is 19.4 Å². The van der Waals surface area contributed by atoms with Gasteiger partial charge in [-0.1, -0.05) is 77.9 Å². The molecule has 0 amide bonds. The number of pyridine rings is 2. The Morgan fingerprint density at radius 2 is 1.11 bits per heavy atom. The Morgan fingerprint density at radius 3 is 1.80 bits per heavy atom. The fourth-order valence-corrected chi connectivity index (χ4v) is 7.17. The van der Waals surface area contributed by atoms with Crippen LogP contribution in [0.5, 0.6) is 0 Å². The van der Waals surface area contributed by atoms with E-state index in [9.17, 15) is 0 Å². The summed E-state index contributed by atoms with van der Waals surface area (Å²) in [5.41, 5.74) is 10.7. The largest absolute Gasteiger partial charge is 0.353 e. The highest BCUT2D eigenvalue weighted by Crippen LogP contribution is 2.40. The quantitative estimate of drug-likeness (QED) is 0.189. The predicted octanol–water partition coefficient (Wildman–Crippen LogP) is 11.3. The van der Waals surface area contributed by atoms with Gasteiger partial charge in [-0.05, 0) is 88.7 Å². The number of hydrogen-bond donors (Lipinski definition) is 1. The molecule has 9 rings (SSSR count). The summed E-state index contributed by atoms with van der Waals surface area (Å²) in [6.07, 6.45) is 0. The van der Waals surface area contributed by atoms with Crippen molar-refractivity contribution in [3.8, 4) is 0 Å². The Labute approximate surface area is 267 Å². The van der Waals surface area contributed by atoms with Crippen molar-refractivity contribution in [2.45, 2.75) is 52.4 Å². The third-order valence-electron chi connectivity index (χ3n) is 9.77. The first kappa shape index (κ1) is 27.1. The molecule has 4 nitrogen and oxygen atoms in total. The Kier molecular flexibility index (Phi) is 5.41. The first-order chi connectivity index (χ1) is 22.0. The number of nitrogens with one attached hydrogen (secondary N) is 1. The van der Waals surface area contributed by atoms with Crippen LogP contribution in [0.1, 0.15) is 52.7 Å². The molecule has 224 valence electrons. The van der Waals surface area contributed by atoms with Gasteiger partial charge < -0.3 is 4.98 Å². The summed E-state index contributed by atoms with van der Waals surface area (Å²) < 4.78 is 2.31. The zero-order valence-corrected chi connectivity index (χ0v) is 27.2. The monoisotopic (exact) mass is 596 g/mol. The second-order valence-electron chi connectivity index (χ2n) is 14.9. The topological polar surface area (TPSA) is 46.0 Å². The van der Waals surface area contributed by atoms with Crippen LogP contribution in [-0.2, 0) is 10.8 Å². The Hall–Kier alpha value is -5.22. The number of nitrogens with zero attached hydrogens (tertiary/aromatic N) is 3. The van der Waals surface area contributed by atoms with Crippen LogP contribution >= 0.6 is 0 Å². The van der Waals surface area contributed by atoms with Gasteiger partial charge in [-0.2, -0.15) is 0 Å². The molecule has 0 radical (unpaired) electrons. The minimum Gasteiger partial charge on any atom is -0.353 e. The molecule has 5 aromatic heterocycles. The first-order valence-corrected chi connectivity index (χ1v) is 16.2. The normalized spacial score (nSPS) is 13.0. The summed E-state index contributed by atoms with van der Waals surface area (Å²) in [5, 5.41) is 8.10. The fraction of sp³-hybridized carbons (Fsp3) is 0.190. The molecule has 0 aliphatic carbocycles. The minimum atomic E-state index is -0.0485. The van der Waals surface area contributed by atoms with Gasteiger partial charge in [-0.15, -0.1) is 0 Å². The molecule has 0 fully saturated rings. The smallest absolute Gasteiger partial charge is 0.146 e. The van der Waals surface area contributed by atoms with E-state index in [1.807, 2.05) is 0 Å². The SMILES string of the molecule is CC(C)(C)c1cc2c3cccc(n3)c3cccc(c3)n3c4ccccc4c4ccc(nc43)c3cc(C(C)(C)C)cc4c(c1)c2[nH]c34. The Balaban J connectivity index is 1.64. The number of hydrogen-bond acceptors (Lipinski definition) is 2. The van der Waals surface area contributed by atoms with Crippen molar-refractivity contribution in [3.05, 3.63) is 114 Å². The van der Waals surface area contributed by atoms with Crippen molar-refractivity contribution in [3.63, 3.8) is 0 Å². The second-order valence-corrected chi connectivity index (χ2v) is 14.9. The van der Waals surface area contributed by atoms with Crippen LogP contribution < -0.4 is 0 Å². The lowest BCUT2D eigenvalue weighted by atomic mass is 9.84. The van der Waals surface area contributed by atoms with E-state index in [1.54, 1.807) is 0 Å². The standard InChI is InChI=1S/C42H36N4/c1-41(2,3)25-20-30-31-21-26(42(4,5)6)23-33-36-18-17-29-28-13-7-8-16-37(28)46(40(29)44-36)27-12-9-11-24(19-27)34-14-10-15-35(43-34)32(22-25)38(30)45-39(31)33/h7-23,45H,1-6H3. The van der Waals surface area contributed by atoms with Gasteiger partial charge in [0.25, 0.3) is 0 Å². The van der Waals surface area contributed by atoms with Gasteiger partial charge in [0.05, 0.1) is 33.1 Å². The van der Waals surface area contributed by atoms with Crippen LogP contribution in [0.4, 0.5) is 0 Å². The molecule has 8 bridgehead atoms. The van der Waals surface area contributed by atoms with Crippen LogP contribution in [0.3, 0.4) is 0 Å². The van der Waals surface area contributed by atoms with Crippen molar-refractivity contribution < 1.29 is 0 Å². The average Bonchev–Trinajstić information content (AvgIpc) is 3.58. The highest BCUT2D eigenvalue weighted by Gasteiger charge is 2.22. The molecule has 0 aliphatic heterocycles. The van der Waals surface area contributed by atoms with Crippen LogP contribution in [0.2, 0.25) is 0 Å². The van der Waals surface area contributed by atoms with Crippen LogP contribution in [-0.4, -0.2) is 19.4 Å². The van der Waals surface area contributed by atoms with E-state index in [4.69, 9.17) is 9.97 Å². The highest BCUT2D eigenvalue weighted by molar-refractivity contribution is 6.21. The van der Waals surface area contributed by atoms with Gasteiger partial charge in [0.2, 0.25) is 0 Å². The lowest BCUT2D eigenvalue weighted by Crippen LogP contribution is -2.11. The number of fused-ring (bicyclic) bond motifs is 13. The summed E-state index contributed by atoms with van der Waals surface area (Å²) in [7, 11) is 0. The summed E-state index contributed by atoms with van der Waals surface area (Å²) >= 11 is 0. The third kappa shape index (κ3) is 3.92. The van der Waals surface area contributed by atoms with E-state index in [1.165, 1.54) is 27.3 Å². The Bertz CT molecular complexity index is 2760. The number of rotatable bonds is 0. The van der Waals surface area contributed by atoms with Gasteiger partial charge in [0.15, 0.2) is 0 Å². The molecule has 4 aromatic carbocycles. The van der Waals surface area contributed by atoms with E-state index in [-0.39, 0.29) is 10.8 Å². The van der Waals surface area contributed by atoms with Crippen molar-refractivity contribution in [1.29, 1.82) is 0 Å². The molecule has 0 atom stereocenters. The summed E-state index contributed by atoms with van der Waals surface area (Å²) in [5.74, 6) is 0. The molecular weight excluding hydrogens is 560 g/mol. The number of H-pyrrole nitrogens is 1. The summed E-state index contributed by atoms with van der Waals surface area (Å²) in [6.45, 7) is 13.8. The highest BCUT2D eigenvalue weighted by atomic mass is 15.0. The molecule has 0 spiro atoms. The number of aromatic nitrogens is 4. The molecule has 1 N–H and O–H groups in total. The van der Waals surface area contributed by atoms with Gasteiger partial charge in [-0.3, -0.25) is 4.40 Å². The number of aromatic amines is 1. The predicted molar refractivity (Wildman–Crippen MR) is 196 cm³/mol. The fourth-order valence-electron chi connectivity index (χ4n) is 7.17. The summed E-state index contributed by atoms with van der Waals surface area (Å²) in [4.78, 5) is 14.8. The van der Waals surface area contributed by atoms with Gasteiger partial charge >= 0.3 is 0 Å². The Morgan fingerprint density at radius 1 is 0.500 bits per heavy atom. The van der Waals surface area contributed by atoms with Crippen molar-refractivity contribution >= 4 is 82.0 Å². The van der Waals surface area contributed by atoms with E-state index in [0.29, 0.717) is 0 Å². The molecular formula is C42H36N4. The number of para-hydroxylation sites is 1. The second kappa shape index (κ2) is 9.17. The average molecular weight is 597 g/mol. The molecule has 0 saturated heterocycles.